The molecule has 0 spiro atoms. The minimum absolute atomic E-state index is 0.0262. The van der Waals surface area contributed by atoms with Crippen LogP contribution in [0.25, 0.3) is 11.0 Å². The number of nitrogens with zero attached hydrogens (tertiary/aromatic N) is 5. The summed E-state index contributed by atoms with van der Waals surface area (Å²) >= 11 is 9.92. The standard InChI is InChI=1S/C23H26BrClN6O2/c1-14(32)27-18-6-8-30(9-7-18)13-16-10-17(25)11-26-23(16)33-20-5-4-19-22(21(20)24)28-29-31(19)12-15-2-3-15/h4-5,10-11,15,18H,2-3,6-9,12-13H2,1H3,(H,27,32). The van der Waals surface area contributed by atoms with Crippen molar-refractivity contribution in [2.45, 2.75) is 51.7 Å². The number of fused-ring (bicyclic) bond motifs is 1. The second-order valence-electron chi connectivity index (χ2n) is 8.93. The average molecular weight is 534 g/mol. The van der Waals surface area contributed by atoms with Gasteiger partial charge in [-0.1, -0.05) is 16.8 Å². The predicted molar refractivity (Wildman–Crippen MR) is 129 cm³/mol. The van der Waals surface area contributed by atoms with Gasteiger partial charge >= 0.3 is 0 Å². The molecular weight excluding hydrogens is 508 g/mol. The first-order valence-electron chi connectivity index (χ1n) is 11.3. The molecule has 1 aromatic carbocycles. The van der Waals surface area contributed by atoms with E-state index in [0.29, 0.717) is 29.1 Å². The summed E-state index contributed by atoms with van der Waals surface area (Å²) in [5.41, 5.74) is 2.70. The zero-order chi connectivity index (χ0) is 22.9. The molecular formula is C23H26BrClN6O2. The summed E-state index contributed by atoms with van der Waals surface area (Å²) < 4.78 is 8.98. The van der Waals surface area contributed by atoms with Crippen LogP contribution in [0, 0.1) is 5.92 Å². The number of carbonyl (C=O) groups is 1. The van der Waals surface area contributed by atoms with Crippen LogP contribution in [-0.2, 0) is 17.9 Å². The summed E-state index contributed by atoms with van der Waals surface area (Å²) in [6, 6.07) is 6.07. The fourth-order valence-electron chi connectivity index (χ4n) is 4.29. The fraction of sp³-hybridized carbons (Fsp3) is 0.478. The van der Waals surface area contributed by atoms with Crippen LogP contribution in [0.2, 0.25) is 5.02 Å². The van der Waals surface area contributed by atoms with Gasteiger partial charge in [-0.3, -0.25) is 9.69 Å². The number of hydrogen-bond donors (Lipinski definition) is 1. The molecule has 2 fully saturated rings. The SMILES string of the molecule is CC(=O)NC1CCN(Cc2cc(Cl)cnc2Oc2ccc3c(nnn3CC3CC3)c2Br)CC1. The molecule has 1 N–H and O–H groups in total. The first-order valence-corrected chi connectivity index (χ1v) is 12.5. The summed E-state index contributed by atoms with van der Waals surface area (Å²) in [5, 5.41) is 12.3. The van der Waals surface area contributed by atoms with Gasteiger partial charge in [-0.15, -0.1) is 5.10 Å². The highest BCUT2D eigenvalue weighted by molar-refractivity contribution is 9.10. The number of carbonyl (C=O) groups excluding carboxylic acids is 1. The number of rotatable bonds is 7. The van der Waals surface area contributed by atoms with E-state index in [9.17, 15) is 4.79 Å². The van der Waals surface area contributed by atoms with E-state index >= 15 is 0 Å². The third-order valence-corrected chi connectivity index (χ3v) is 7.18. The van der Waals surface area contributed by atoms with Gasteiger partial charge in [-0.2, -0.15) is 0 Å². The van der Waals surface area contributed by atoms with Crippen LogP contribution in [0.5, 0.6) is 11.6 Å². The maximum Gasteiger partial charge on any atom is 0.223 e. The summed E-state index contributed by atoms with van der Waals surface area (Å²) in [5.74, 6) is 1.90. The largest absolute Gasteiger partial charge is 0.437 e. The highest BCUT2D eigenvalue weighted by Crippen LogP contribution is 2.37. The van der Waals surface area contributed by atoms with Crippen molar-refractivity contribution < 1.29 is 9.53 Å². The third kappa shape index (κ3) is 5.31. The Balaban J connectivity index is 1.32. The Morgan fingerprint density at radius 3 is 2.79 bits per heavy atom. The van der Waals surface area contributed by atoms with Gasteiger partial charge in [0.25, 0.3) is 0 Å². The molecule has 10 heteroatoms. The monoisotopic (exact) mass is 532 g/mol. The van der Waals surface area contributed by atoms with E-state index in [2.05, 4.69) is 41.4 Å². The van der Waals surface area contributed by atoms with Gasteiger partial charge in [0.15, 0.2) is 0 Å². The van der Waals surface area contributed by atoms with Crippen molar-refractivity contribution >= 4 is 44.5 Å². The van der Waals surface area contributed by atoms with E-state index < -0.39 is 0 Å². The van der Waals surface area contributed by atoms with Gasteiger partial charge in [0, 0.05) is 50.9 Å². The minimum atomic E-state index is 0.0262. The topological polar surface area (TPSA) is 85.2 Å². The van der Waals surface area contributed by atoms with Crippen LogP contribution in [-0.4, -0.2) is 49.9 Å². The molecule has 174 valence electrons. The Bertz CT molecular complexity index is 1170. The molecule has 2 aliphatic rings. The van der Waals surface area contributed by atoms with Crippen molar-refractivity contribution in [2.24, 2.45) is 5.92 Å². The lowest BCUT2D eigenvalue weighted by atomic mass is 10.0. The van der Waals surface area contributed by atoms with E-state index in [0.717, 1.165) is 53.5 Å². The summed E-state index contributed by atoms with van der Waals surface area (Å²) in [4.78, 5) is 18.1. The van der Waals surface area contributed by atoms with Gasteiger partial charge in [0.05, 0.1) is 15.0 Å². The minimum Gasteiger partial charge on any atom is -0.437 e. The highest BCUT2D eigenvalue weighted by atomic mass is 79.9. The number of aromatic nitrogens is 4. The second-order valence-corrected chi connectivity index (χ2v) is 10.2. The number of benzene rings is 1. The highest BCUT2D eigenvalue weighted by Gasteiger charge is 2.25. The van der Waals surface area contributed by atoms with E-state index in [1.54, 1.807) is 13.1 Å². The average Bonchev–Trinajstić information content (AvgIpc) is 3.51. The van der Waals surface area contributed by atoms with Crippen molar-refractivity contribution in [1.29, 1.82) is 0 Å². The van der Waals surface area contributed by atoms with E-state index in [1.165, 1.54) is 12.8 Å². The Morgan fingerprint density at radius 2 is 2.06 bits per heavy atom. The van der Waals surface area contributed by atoms with Crippen molar-refractivity contribution in [3.8, 4) is 11.6 Å². The molecule has 33 heavy (non-hydrogen) atoms. The van der Waals surface area contributed by atoms with Crippen LogP contribution in [0.15, 0.2) is 28.9 Å². The first-order chi connectivity index (χ1) is 16.0. The third-order valence-electron chi connectivity index (χ3n) is 6.21. The van der Waals surface area contributed by atoms with Crippen LogP contribution in [0.1, 0.15) is 38.2 Å². The van der Waals surface area contributed by atoms with Crippen molar-refractivity contribution in [3.63, 3.8) is 0 Å². The fourth-order valence-corrected chi connectivity index (χ4v) is 4.96. The summed E-state index contributed by atoms with van der Waals surface area (Å²) in [6.45, 7) is 4.92. The zero-order valence-corrected chi connectivity index (χ0v) is 20.8. The molecule has 8 nitrogen and oxygen atoms in total. The number of piperidine rings is 1. The smallest absolute Gasteiger partial charge is 0.223 e. The van der Waals surface area contributed by atoms with E-state index in [1.807, 2.05) is 22.9 Å². The Labute approximate surface area is 205 Å². The Hall–Kier alpha value is -2.23. The molecule has 1 saturated heterocycles. The van der Waals surface area contributed by atoms with Crippen molar-refractivity contribution in [1.82, 2.24) is 30.2 Å². The molecule has 1 aliphatic carbocycles. The van der Waals surface area contributed by atoms with Gasteiger partial charge in [-0.25, -0.2) is 9.67 Å². The van der Waals surface area contributed by atoms with Crippen LogP contribution < -0.4 is 10.1 Å². The lowest BCUT2D eigenvalue weighted by Crippen LogP contribution is -2.43. The number of amides is 1. The Kier molecular flexibility index (Phi) is 6.53. The van der Waals surface area contributed by atoms with E-state index in [4.69, 9.17) is 16.3 Å². The number of hydrogen-bond acceptors (Lipinski definition) is 6. The number of likely N-dealkylation sites (tertiary alicyclic amines) is 1. The van der Waals surface area contributed by atoms with Crippen LogP contribution >= 0.6 is 27.5 Å². The van der Waals surface area contributed by atoms with Gasteiger partial charge in [-0.05, 0) is 65.7 Å². The van der Waals surface area contributed by atoms with Crippen LogP contribution in [0.3, 0.4) is 0 Å². The number of pyridine rings is 1. The quantitative estimate of drug-likeness (QED) is 0.480. The number of halogens is 2. The van der Waals surface area contributed by atoms with Gasteiger partial charge in [0.2, 0.25) is 11.8 Å². The molecule has 1 aliphatic heterocycles. The van der Waals surface area contributed by atoms with Crippen molar-refractivity contribution in [3.05, 3.63) is 39.5 Å². The molecule has 0 unspecified atom stereocenters. The molecule has 0 bridgehead atoms. The van der Waals surface area contributed by atoms with Crippen molar-refractivity contribution in [2.75, 3.05) is 13.1 Å². The second kappa shape index (κ2) is 9.56. The molecule has 5 rings (SSSR count). The summed E-state index contributed by atoms with van der Waals surface area (Å²) in [7, 11) is 0. The molecule has 3 aromatic rings. The maximum atomic E-state index is 11.3. The molecule has 1 amide bonds. The van der Waals surface area contributed by atoms with Gasteiger partial charge in [0.1, 0.15) is 11.3 Å². The lowest BCUT2D eigenvalue weighted by Gasteiger charge is -2.32. The van der Waals surface area contributed by atoms with Gasteiger partial charge < -0.3 is 10.1 Å². The zero-order valence-electron chi connectivity index (χ0n) is 18.4. The normalized spacial score (nSPS) is 17.4. The molecule has 0 radical (unpaired) electrons. The summed E-state index contributed by atoms with van der Waals surface area (Å²) in [6.07, 6.45) is 5.96. The predicted octanol–water partition coefficient (Wildman–Crippen LogP) is 4.55. The molecule has 1 saturated carbocycles. The first kappa shape index (κ1) is 22.6. The Morgan fingerprint density at radius 1 is 1.27 bits per heavy atom. The lowest BCUT2D eigenvalue weighted by molar-refractivity contribution is -0.119. The van der Waals surface area contributed by atoms with E-state index in [-0.39, 0.29) is 11.9 Å². The molecule has 2 aromatic heterocycles. The number of nitrogens with one attached hydrogen (secondary N) is 1. The molecule has 0 atom stereocenters. The maximum absolute atomic E-state index is 11.3. The molecule has 3 heterocycles. The van der Waals surface area contributed by atoms with Crippen LogP contribution in [0.4, 0.5) is 0 Å². The number of ether oxygens (including phenoxy) is 1.